The second-order valence-corrected chi connectivity index (χ2v) is 5.37. The number of rotatable bonds is 4. The quantitative estimate of drug-likeness (QED) is 0.924. The number of hydrogen-bond acceptors (Lipinski definition) is 3. The molecular weight excluding hydrogens is 293 g/mol. The van der Waals surface area contributed by atoms with Crippen LogP contribution in [-0.2, 0) is 6.54 Å². The number of benzene rings is 2. The molecule has 2 aromatic carbocycles. The average Bonchev–Trinajstić information content (AvgIpc) is 2.94. The molecule has 3 nitrogen and oxygen atoms in total. The van der Waals surface area contributed by atoms with Crippen LogP contribution in [0.3, 0.4) is 0 Å². The van der Waals surface area contributed by atoms with E-state index in [-0.39, 0.29) is 18.7 Å². The molecule has 5 heteroatoms. The minimum absolute atomic E-state index is 0.106. The van der Waals surface area contributed by atoms with Crippen LogP contribution in [0.5, 0.6) is 11.5 Å². The summed E-state index contributed by atoms with van der Waals surface area (Å²) in [5, 5.41) is 3.93. The molecule has 3 rings (SSSR count). The smallest absolute Gasteiger partial charge is 0.231 e. The monoisotopic (exact) mass is 307 g/mol. The Balaban J connectivity index is 1.67. The van der Waals surface area contributed by atoms with Crippen LogP contribution in [0.4, 0.5) is 4.39 Å². The van der Waals surface area contributed by atoms with Crippen molar-refractivity contribution in [2.24, 2.45) is 0 Å². The minimum atomic E-state index is -0.228. The van der Waals surface area contributed by atoms with Crippen molar-refractivity contribution in [1.29, 1.82) is 0 Å². The Labute approximate surface area is 127 Å². The molecule has 0 fully saturated rings. The molecule has 1 N–H and O–H groups in total. The van der Waals surface area contributed by atoms with Crippen LogP contribution >= 0.6 is 11.6 Å². The summed E-state index contributed by atoms with van der Waals surface area (Å²) in [5.74, 6) is 1.05. The van der Waals surface area contributed by atoms with E-state index in [9.17, 15) is 4.39 Å². The molecule has 2 aromatic rings. The van der Waals surface area contributed by atoms with Crippen LogP contribution in [0.2, 0.25) is 5.02 Å². The highest BCUT2D eigenvalue weighted by molar-refractivity contribution is 6.32. The topological polar surface area (TPSA) is 30.5 Å². The first-order valence-corrected chi connectivity index (χ1v) is 7.08. The molecule has 0 aromatic heterocycles. The maximum atomic E-state index is 12.9. The second-order valence-electron chi connectivity index (χ2n) is 4.97. The summed E-state index contributed by atoms with van der Waals surface area (Å²) in [6, 6.07) is 10.4. The van der Waals surface area contributed by atoms with Crippen molar-refractivity contribution in [1.82, 2.24) is 5.32 Å². The summed E-state index contributed by atoms with van der Waals surface area (Å²) >= 11 is 6.15. The molecule has 0 saturated carbocycles. The summed E-state index contributed by atoms with van der Waals surface area (Å²) in [6.07, 6.45) is 0. The van der Waals surface area contributed by atoms with Crippen molar-refractivity contribution in [2.45, 2.75) is 19.5 Å². The molecule has 0 radical (unpaired) electrons. The average molecular weight is 308 g/mol. The molecule has 0 aliphatic carbocycles. The van der Waals surface area contributed by atoms with Gasteiger partial charge in [-0.15, -0.1) is 0 Å². The zero-order chi connectivity index (χ0) is 14.8. The minimum Gasteiger partial charge on any atom is -0.454 e. The van der Waals surface area contributed by atoms with Gasteiger partial charge in [-0.2, -0.15) is 0 Å². The second kappa shape index (κ2) is 5.92. The van der Waals surface area contributed by atoms with E-state index >= 15 is 0 Å². The Bertz CT molecular complexity index is 645. The van der Waals surface area contributed by atoms with Gasteiger partial charge in [-0.25, -0.2) is 4.39 Å². The molecule has 1 aliphatic heterocycles. The Kier molecular flexibility index (Phi) is 3.99. The lowest BCUT2D eigenvalue weighted by Crippen LogP contribution is -2.18. The van der Waals surface area contributed by atoms with Gasteiger partial charge in [-0.3, -0.25) is 0 Å². The largest absolute Gasteiger partial charge is 0.454 e. The van der Waals surface area contributed by atoms with Crippen LogP contribution < -0.4 is 14.8 Å². The van der Waals surface area contributed by atoms with Crippen LogP contribution in [-0.4, -0.2) is 6.79 Å². The van der Waals surface area contributed by atoms with Crippen molar-refractivity contribution in [3.05, 3.63) is 58.4 Å². The van der Waals surface area contributed by atoms with Crippen LogP contribution in [0.1, 0.15) is 24.1 Å². The van der Waals surface area contributed by atoms with Gasteiger partial charge in [0.15, 0.2) is 11.5 Å². The third kappa shape index (κ3) is 3.12. The van der Waals surface area contributed by atoms with E-state index in [2.05, 4.69) is 5.32 Å². The molecular formula is C16H15ClFNO2. The first kappa shape index (κ1) is 14.2. The SMILES string of the molecule is CC(NCc1cc(Cl)c2c(c1)OCO2)c1ccc(F)cc1. The fourth-order valence-corrected chi connectivity index (χ4v) is 2.55. The molecule has 0 saturated heterocycles. The predicted molar refractivity (Wildman–Crippen MR) is 79.2 cm³/mol. The van der Waals surface area contributed by atoms with Crippen molar-refractivity contribution < 1.29 is 13.9 Å². The first-order chi connectivity index (χ1) is 10.1. The normalized spacial score (nSPS) is 14.2. The van der Waals surface area contributed by atoms with Gasteiger partial charge in [0.05, 0.1) is 5.02 Å². The molecule has 1 aliphatic rings. The van der Waals surface area contributed by atoms with E-state index in [0.717, 1.165) is 11.1 Å². The van der Waals surface area contributed by atoms with Crippen molar-refractivity contribution >= 4 is 11.6 Å². The van der Waals surface area contributed by atoms with Gasteiger partial charge in [0, 0.05) is 12.6 Å². The van der Waals surface area contributed by atoms with E-state index in [1.165, 1.54) is 12.1 Å². The van der Waals surface area contributed by atoms with E-state index in [1.54, 1.807) is 12.1 Å². The summed E-state index contributed by atoms with van der Waals surface area (Å²) in [5.41, 5.74) is 2.04. The van der Waals surface area contributed by atoms with Gasteiger partial charge >= 0.3 is 0 Å². The van der Waals surface area contributed by atoms with Crippen LogP contribution in [0, 0.1) is 5.82 Å². The maximum Gasteiger partial charge on any atom is 0.231 e. The molecule has 0 spiro atoms. The Hall–Kier alpha value is -1.78. The molecule has 1 heterocycles. The zero-order valence-electron chi connectivity index (χ0n) is 11.5. The summed E-state index contributed by atoms with van der Waals surface area (Å²) < 4.78 is 23.5. The van der Waals surface area contributed by atoms with Gasteiger partial charge in [0.25, 0.3) is 0 Å². The van der Waals surface area contributed by atoms with Crippen molar-refractivity contribution in [3.8, 4) is 11.5 Å². The lowest BCUT2D eigenvalue weighted by molar-refractivity contribution is 0.174. The van der Waals surface area contributed by atoms with Crippen LogP contribution in [0.15, 0.2) is 36.4 Å². The molecule has 0 bridgehead atoms. The zero-order valence-corrected chi connectivity index (χ0v) is 12.3. The third-order valence-corrected chi connectivity index (χ3v) is 3.75. The maximum absolute atomic E-state index is 12.9. The first-order valence-electron chi connectivity index (χ1n) is 6.70. The van der Waals surface area contributed by atoms with Gasteiger partial charge in [0.1, 0.15) is 5.82 Å². The van der Waals surface area contributed by atoms with E-state index in [0.29, 0.717) is 23.1 Å². The summed E-state index contributed by atoms with van der Waals surface area (Å²) in [4.78, 5) is 0. The van der Waals surface area contributed by atoms with E-state index < -0.39 is 0 Å². The predicted octanol–water partition coefficient (Wildman–Crippen LogP) is 4.06. The summed E-state index contributed by atoms with van der Waals surface area (Å²) in [6.45, 7) is 2.87. The van der Waals surface area contributed by atoms with Crippen molar-refractivity contribution in [2.75, 3.05) is 6.79 Å². The van der Waals surface area contributed by atoms with Gasteiger partial charge in [-0.05, 0) is 42.3 Å². The fraction of sp³-hybridized carbons (Fsp3) is 0.250. The lowest BCUT2D eigenvalue weighted by atomic mass is 10.1. The molecule has 21 heavy (non-hydrogen) atoms. The molecule has 110 valence electrons. The van der Waals surface area contributed by atoms with E-state index in [4.69, 9.17) is 21.1 Å². The number of nitrogens with one attached hydrogen (secondary N) is 1. The standard InChI is InChI=1S/C16H15ClFNO2/c1-10(12-2-4-13(18)5-3-12)19-8-11-6-14(17)16-15(7-11)20-9-21-16/h2-7,10,19H,8-9H2,1H3. The highest BCUT2D eigenvalue weighted by Gasteiger charge is 2.18. The number of ether oxygens (including phenoxy) is 2. The molecule has 1 unspecified atom stereocenters. The fourth-order valence-electron chi connectivity index (χ4n) is 2.26. The van der Waals surface area contributed by atoms with E-state index in [1.807, 2.05) is 19.1 Å². The Morgan fingerprint density at radius 3 is 2.76 bits per heavy atom. The Morgan fingerprint density at radius 1 is 1.24 bits per heavy atom. The number of halogens is 2. The third-order valence-electron chi connectivity index (χ3n) is 3.47. The lowest BCUT2D eigenvalue weighted by Gasteiger charge is -2.15. The van der Waals surface area contributed by atoms with Gasteiger partial charge < -0.3 is 14.8 Å². The number of fused-ring (bicyclic) bond motifs is 1. The summed E-state index contributed by atoms with van der Waals surface area (Å²) in [7, 11) is 0. The number of hydrogen-bond donors (Lipinski definition) is 1. The van der Waals surface area contributed by atoms with Gasteiger partial charge in [0.2, 0.25) is 6.79 Å². The van der Waals surface area contributed by atoms with Crippen molar-refractivity contribution in [3.63, 3.8) is 0 Å². The highest BCUT2D eigenvalue weighted by Crippen LogP contribution is 2.39. The van der Waals surface area contributed by atoms with Gasteiger partial charge in [-0.1, -0.05) is 23.7 Å². The van der Waals surface area contributed by atoms with Crippen LogP contribution in [0.25, 0.3) is 0 Å². The molecule has 1 atom stereocenters. The highest BCUT2D eigenvalue weighted by atomic mass is 35.5. The molecule has 0 amide bonds. The Morgan fingerprint density at radius 2 is 2.00 bits per heavy atom.